The Labute approximate surface area is 102 Å². The fraction of sp³-hybridized carbons (Fsp3) is 0. The summed E-state index contributed by atoms with van der Waals surface area (Å²) in [5.74, 6) is 0. The molecule has 71 valence electrons. The predicted molar refractivity (Wildman–Crippen MR) is 73.3 cm³/mol. The van der Waals surface area contributed by atoms with Gasteiger partial charge in [0.05, 0.1) is 0 Å². The maximum absolute atomic E-state index is 2.69. The monoisotopic (exact) mass is 491 g/mol. The van der Waals surface area contributed by atoms with Crippen LogP contribution in [0.25, 0.3) is 0 Å². The zero-order chi connectivity index (χ0) is 9.80. The van der Waals surface area contributed by atoms with E-state index in [2.05, 4.69) is 78.7 Å². The first-order valence-electron chi connectivity index (χ1n) is 4.51. The summed E-state index contributed by atoms with van der Waals surface area (Å²) in [7, 11) is 0. The minimum atomic E-state index is -1.70. The van der Waals surface area contributed by atoms with E-state index in [1.54, 1.807) is 6.54 Å². The Bertz CT molecular complexity index is 346. The fourth-order valence-corrected chi connectivity index (χ4v) is 12.7. The van der Waals surface area contributed by atoms with Crippen molar-refractivity contribution in [2.75, 3.05) is 0 Å². The standard InChI is InChI=1S/2C6H5.Bi.HI.H/c2*1-2-4-6-5-3-1;;;/h2*1-5H;;1H;/q;;+1;;/p-1. The summed E-state index contributed by atoms with van der Waals surface area (Å²) in [6.45, 7) is 0. The van der Waals surface area contributed by atoms with E-state index in [0.29, 0.717) is 0 Å². The Balaban J connectivity index is 2.30. The molecule has 0 aliphatic rings. The van der Waals surface area contributed by atoms with Gasteiger partial charge in [0.2, 0.25) is 0 Å². The Kier molecular flexibility index (Phi) is 3.94. The van der Waals surface area contributed by atoms with Gasteiger partial charge in [0.15, 0.2) is 0 Å². The van der Waals surface area contributed by atoms with Crippen LogP contribution in [0.15, 0.2) is 60.7 Å². The van der Waals surface area contributed by atoms with E-state index in [1.807, 2.05) is 0 Å². The van der Waals surface area contributed by atoms with Gasteiger partial charge in [0, 0.05) is 0 Å². The zero-order valence-corrected chi connectivity index (χ0v) is 13.7. The maximum atomic E-state index is 2.69. The third-order valence-corrected chi connectivity index (χ3v) is 19.5. The van der Waals surface area contributed by atoms with Crippen LogP contribution in [0, 0.1) is 0 Å². The molecular weight excluding hydrogens is 480 g/mol. The van der Waals surface area contributed by atoms with Gasteiger partial charge in [-0.3, -0.25) is 0 Å². The van der Waals surface area contributed by atoms with Crippen LogP contribution in [0.3, 0.4) is 0 Å². The van der Waals surface area contributed by atoms with E-state index < -0.39 is 17.6 Å². The van der Waals surface area contributed by atoms with E-state index in [0.717, 1.165) is 0 Å². The normalized spacial score (nSPS) is 10.4. The van der Waals surface area contributed by atoms with Crippen molar-refractivity contribution >= 4 is 42.1 Å². The molecule has 0 saturated carbocycles. The summed E-state index contributed by atoms with van der Waals surface area (Å²) in [4.78, 5) is 0. The van der Waals surface area contributed by atoms with Crippen LogP contribution in [-0.4, -0.2) is 17.6 Å². The molecule has 1 radical (unpaired) electrons. The van der Waals surface area contributed by atoms with Crippen LogP contribution >= 0.6 is 18.0 Å². The van der Waals surface area contributed by atoms with E-state index in [-0.39, 0.29) is 0 Å². The Morgan fingerprint density at radius 1 is 0.643 bits per heavy atom. The first-order chi connectivity index (χ1) is 6.88. The van der Waals surface area contributed by atoms with Crippen LogP contribution < -0.4 is 6.54 Å². The van der Waals surface area contributed by atoms with Gasteiger partial charge in [-0.2, -0.15) is 0 Å². The van der Waals surface area contributed by atoms with Crippen LogP contribution in [0.4, 0.5) is 0 Å². The summed E-state index contributed by atoms with van der Waals surface area (Å²) in [5.41, 5.74) is 0. The van der Waals surface area contributed by atoms with E-state index in [4.69, 9.17) is 0 Å². The molecule has 0 fully saturated rings. The van der Waals surface area contributed by atoms with Crippen molar-refractivity contribution in [3.63, 3.8) is 0 Å². The van der Waals surface area contributed by atoms with Crippen molar-refractivity contribution in [2.24, 2.45) is 0 Å². The Morgan fingerprint density at radius 2 is 1.00 bits per heavy atom. The van der Waals surface area contributed by atoms with Crippen molar-refractivity contribution in [1.29, 1.82) is 0 Å². The topological polar surface area (TPSA) is 0 Å². The second-order valence-corrected chi connectivity index (χ2v) is 19.4. The Morgan fingerprint density at radius 3 is 1.36 bits per heavy atom. The molecule has 2 heteroatoms. The van der Waals surface area contributed by atoms with Crippen molar-refractivity contribution in [3.8, 4) is 0 Å². The summed E-state index contributed by atoms with van der Waals surface area (Å²) in [5, 5.41) is 0. The van der Waals surface area contributed by atoms with E-state index in [1.165, 1.54) is 0 Å². The quantitative estimate of drug-likeness (QED) is 0.446. The van der Waals surface area contributed by atoms with E-state index >= 15 is 0 Å². The molecule has 2 aromatic carbocycles. The SMILES string of the molecule is [I][BiH]([c]1ccccc1)[c]1ccccc1. The molecule has 0 aliphatic heterocycles. The van der Waals surface area contributed by atoms with Crippen molar-refractivity contribution in [3.05, 3.63) is 60.7 Å². The van der Waals surface area contributed by atoms with Gasteiger partial charge >= 0.3 is 103 Å². The van der Waals surface area contributed by atoms with Gasteiger partial charge in [-0.15, -0.1) is 0 Å². The molecule has 0 amide bonds. The fourth-order valence-electron chi connectivity index (χ4n) is 1.34. The second kappa shape index (κ2) is 5.22. The molecular formula is C12H11BiI. The van der Waals surface area contributed by atoms with Gasteiger partial charge in [-0.05, 0) is 0 Å². The molecule has 2 rings (SSSR count). The number of halogens is 1. The molecule has 0 atom stereocenters. The second-order valence-electron chi connectivity index (χ2n) is 3.05. The molecule has 0 aliphatic carbocycles. The van der Waals surface area contributed by atoms with Crippen molar-refractivity contribution in [1.82, 2.24) is 0 Å². The molecule has 14 heavy (non-hydrogen) atoms. The molecule has 0 nitrogen and oxygen atoms in total. The van der Waals surface area contributed by atoms with Crippen molar-refractivity contribution in [2.45, 2.75) is 0 Å². The average Bonchev–Trinajstić information content (AvgIpc) is 2.30. The van der Waals surface area contributed by atoms with E-state index in [9.17, 15) is 0 Å². The molecule has 2 aromatic rings. The molecule has 0 heterocycles. The predicted octanol–water partition coefficient (Wildman–Crippen LogP) is 1.96. The van der Waals surface area contributed by atoms with Crippen LogP contribution in [-0.2, 0) is 0 Å². The zero-order valence-electron chi connectivity index (χ0n) is 7.65. The molecule has 0 aromatic heterocycles. The molecule has 0 saturated heterocycles. The summed E-state index contributed by atoms with van der Waals surface area (Å²) in [6.07, 6.45) is 0. The molecule has 0 N–H and O–H groups in total. The first kappa shape index (κ1) is 10.6. The van der Waals surface area contributed by atoms with Crippen molar-refractivity contribution < 1.29 is 0 Å². The molecule has 0 bridgehead atoms. The number of hydrogen-bond donors (Lipinski definition) is 0. The summed E-state index contributed by atoms with van der Waals surface area (Å²) >= 11 is 0.989. The van der Waals surface area contributed by atoms with Gasteiger partial charge in [0.1, 0.15) is 0 Å². The summed E-state index contributed by atoms with van der Waals surface area (Å²) < 4.78 is 3.15. The Hall–Kier alpha value is 0.0531. The van der Waals surface area contributed by atoms with Gasteiger partial charge in [0.25, 0.3) is 0 Å². The van der Waals surface area contributed by atoms with Crippen LogP contribution in [0.2, 0.25) is 0 Å². The number of hydrogen-bond acceptors (Lipinski definition) is 0. The van der Waals surface area contributed by atoms with Gasteiger partial charge in [-0.25, -0.2) is 0 Å². The summed E-state index contributed by atoms with van der Waals surface area (Å²) in [6, 6.07) is 21.8. The van der Waals surface area contributed by atoms with Crippen LogP contribution in [0.5, 0.6) is 0 Å². The third kappa shape index (κ3) is 2.55. The van der Waals surface area contributed by atoms with Gasteiger partial charge in [-0.1, -0.05) is 0 Å². The van der Waals surface area contributed by atoms with Gasteiger partial charge < -0.3 is 0 Å². The van der Waals surface area contributed by atoms with Crippen LogP contribution in [0.1, 0.15) is 0 Å². The average molecular weight is 491 g/mol. The number of rotatable bonds is 2. The third-order valence-electron chi connectivity index (χ3n) is 2.05. The number of benzene rings is 2. The first-order valence-corrected chi connectivity index (χ1v) is 19.3. The molecule has 0 unspecified atom stereocenters. The molecule has 0 spiro atoms. The minimum absolute atomic E-state index is 1.57.